The SMILES string of the molecule is CCc1cc(CC)n(-c2ncnc(Cl)c2N)n1. The van der Waals surface area contributed by atoms with Gasteiger partial charge in [-0.25, -0.2) is 14.6 Å². The first-order chi connectivity index (χ1) is 8.17. The van der Waals surface area contributed by atoms with Crippen LogP contribution in [0, 0.1) is 0 Å². The van der Waals surface area contributed by atoms with Crippen LogP contribution < -0.4 is 5.73 Å². The highest BCUT2D eigenvalue weighted by Crippen LogP contribution is 2.22. The average molecular weight is 252 g/mol. The van der Waals surface area contributed by atoms with E-state index in [-0.39, 0.29) is 5.15 Å². The summed E-state index contributed by atoms with van der Waals surface area (Å²) in [6, 6.07) is 2.05. The number of nitrogen functional groups attached to an aromatic ring is 1. The summed E-state index contributed by atoms with van der Waals surface area (Å²) in [6.45, 7) is 4.12. The molecule has 90 valence electrons. The van der Waals surface area contributed by atoms with Crippen LogP contribution in [0.2, 0.25) is 5.15 Å². The second-order valence-electron chi connectivity index (χ2n) is 3.65. The Bertz CT molecular complexity index is 535. The van der Waals surface area contributed by atoms with Crippen LogP contribution in [-0.4, -0.2) is 19.7 Å². The van der Waals surface area contributed by atoms with Crippen molar-refractivity contribution in [2.24, 2.45) is 0 Å². The normalized spacial score (nSPS) is 10.8. The predicted molar refractivity (Wildman–Crippen MR) is 67.3 cm³/mol. The Morgan fingerprint density at radius 2 is 2.06 bits per heavy atom. The molecule has 0 aromatic carbocycles. The van der Waals surface area contributed by atoms with Crippen molar-refractivity contribution >= 4 is 17.3 Å². The molecule has 0 spiro atoms. The molecule has 0 saturated carbocycles. The Morgan fingerprint density at radius 1 is 1.29 bits per heavy atom. The minimum atomic E-state index is 0.255. The van der Waals surface area contributed by atoms with Crippen LogP contribution >= 0.6 is 11.6 Å². The highest BCUT2D eigenvalue weighted by molar-refractivity contribution is 6.32. The third-order valence-corrected chi connectivity index (χ3v) is 2.87. The zero-order chi connectivity index (χ0) is 12.4. The largest absolute Gasteiger partial charge is 0.393 e. The molecule has 5 nitrogen and oxygen atoms in total. The first-order valence-electron chi connectivity index (χ1n) is 5.51. The maximum absolute atomic E-state index is 5.88. The smallest absolute Gasteiger partial charge is 0.181 e. The number of nitrogens with zero attached hydrogens (tertiary/aromatic N) is 4. The molecule has 0 radical (unpaired) electrons. The number of aryl methyl sites for hydroxylation is 2. The number of rotatable bonds is 3. The highest BCUT2D eigenvalue weighted by atomic mass is 35.5. The minimum Gasteiger partial charge on any atom is -0.393 e. The summed E-state index contributed by atoms with van der Waals surface area (Å²) in [5, 5.41) is 4.71. The van der Waals surface area contributed by atoms with Gasteiger partial charge in [-0.1, -0.05) is 25.4 Å². The van der Waals surface area contributed by atoms with Crippen molar-refractivity contribution in [3.63, 3.8) is 0 Å². The van der Waals surface area contributed by atoms with E-state index in [9.17, 15) is 0 Å². The van der Waals surface area contributed by atoms with Gasteiger partial charge in [0.15, 0.2) is 11.0 Å². The summed E-state index contributed by atoms with van der Waals surface area (Å²) in [5.74, 6) is 0.543. The average Bonchev–Trinajstić information content (AvgIpc) is 2.76. The van der Waals surface area contributed by atoms with Crippen molar-refractivity contribution in [3.05, 3.63) is 28.9 Å². The predicted octanol–water partition coefficient (Wildman–Crippen LogP) is 2.02. The van der Waals surface area contributed by atoms with Crippen LogP contribution in [0.25, 0.3) is 5.82 Å². The van der Waals surface area contributed by atoms with Gasteiger partial charge in [0.1, 0.15) is 12.0 Å². The molecule has 2 heterocycles. The summed E-state index contributed by atoms with van der Waals surface area (Å²) < 4.78 is 1.74. The Kier molecular flexibility index (Phi) is 3.28. The lowest BCUT2D eigenvalue weighted by Crippen LogP contribution is -2.08. The highest BCUT2D eigenvalue weighted by Gasteiger charge is 2.13. The lowest BCUT2D eigenvalue weighted by atomic mass is 10.2. The van der Waals surface area contributed by atoms with Gasteiger partial charge in [-0.2, -0.15) is 5.10 Å². The number of aromatic nitrogens is 4. The molecule has 0 aliphatic rings. The van der Waals surface area contributed by atoms with Crippen LogP contribution in [0.5, 0.6) is 0 Å². The van der Waals surface area contributed by atoms with Crippen molar-refractivity contribution in [1.82, 2.24) is 19.7 Å². The van der Waals surface area contributed by atoms with Gasteiger partial charge in [-0.3, -0.25) is 0 Å². The molecule has 0 saturated heterocycles. The standard InChI is InChI=1S/C11H14ClN5/c1-3-7-5-8(4-2)17(16-7)11-9(13)10(12)14-6-15-11/h5-6H,3-4,13H2,1-2H3. The monoisotopic (exact) mass is 251 g/mol. The van der Waals surface area contributed by atoms with Gasteiger partial charge in [-0.05, 0) is 18.9 Å². The minimum absolute atomic E-state index is 0.255. The second-order valence-corrected chi connectivity index (χ2v) is 4.01. The van der Waals surface area contributed by atoms with Crippen LogP contribution in [-0.2, 0) is 12.8 Å². The maximum atomic E-state index is 5.88. The Hall–Kier alpha value is -1.62. The summed E-state index contributed by atoms with van der Waals surface area (Å²) >= 11 is 5.88. The molecule has 0 bridgehead atoms. The van der Waals surface area contributed by atoms with E-state index in [1.54, 1.807) is 4.68 Å². The van der Waals surface area contributed by atoms with Gasteiger partial charge in [0.2, 0.25) is 0 Å². The molecule has 17 heavy (non-hydrogen) atoms. The molecule has 0 atom stereocenters. The summed E-state index contributed by atoms with van der Waals surface area (Å²) in [7, 11) is 0. The second kappa shape index (κ2) is 4.71. The Balaban J connectivity index is 2.59. The number of hydrogen-bond acceptors (Lipinski definition) is 4. The number of anilines is 1. The molecule has 2 rings (SSSR count). The van der Waals surface area contributed by atoms with E-state index in [1.807, 2.05) is 0 Å². The molecule has 0 amide bonds. The molecular formula is C11H14ClN5. The molecule has 2 N–H and O–H groups in total. The fourth-order valence-electron chi connectivity index (χ4n) is 1.62. The molecule has 6 heteroatoms. The molecule has 2 aromatic rings. The van der Waals surface area contributed by atoms with Crippen LogP contribution in [0.4, 0.5) is 5.69 Å². The van der Waals surface area contributed by atoms with Gasteiger partial charge < -0.3 is 5.73 Å². The molecular weight excluding hydrogens is 238 g/mol. The fraction of sp³-hybridized carbons (Fsp3) is 0.364. The first-order valence-corrected chi connectivity index (χ1v) is 5.89. The molecule has 0 unspecified atom stereocenters. The van der Waals surface area contributed by atoms with E-state index in [2.05, 4.69) is 35.0 Å². The van der Waals surface area contributed by atoms with E-state index in [4.69, 9.17) is 17.3 Å². The topological polar surface area (TPSA) is 69.6 Å². The molecule has 2 aromatic heterocycles. The van der Waals surface area contributed by atoms with Gasteiger partial charge in [0, 0.05) is 5.69 Å². The number of halogens is 1. The van der Waals surface area contributed by atoms with Gasteiger partial charge in [0.05, 0.1) is 5.69 Å². The lowest BCUT2D eigenvalue weighted by Gasteiger charge is -2.07. The van der Waals surface area contributed by atoms with Crippen LogP contribution in [0.1, 0.15) is 25.2 Å². The molecule has 0 aliphatic carbocycles. The van der Waals surface area contributed by atoms with E-state index in [0.717, 1.165) is 24.2 Å². The first kappa shape index (κ1) is 11.9. The summed E-state index contributed by atoms with van der Waals surface area (Å²) in [6.07, 6.45) is 3.12. The van der Waals surface area contributed by atoms with Crippen molar-refractivity contribution in [1.29, 1.82) is 0 Å². The van der Waals surface area contributed by atoms with Crippen LogP contribution in [0.15, 0.2) is 12.4 Å². The van der Waals surface area contributed by atoms with E-state index >= 15 is 0 Å². The Morgan fingerprint density at radius 3 is 2.71 bits per heavy atom. The summed E-state index contributed by atoms with van der Waals surface area (Å²) in [4.78, 5) is 7.98. The van der Waals surface area contributed by atoms with Crippen LogP contribution in [0.3, 0.4) is 0 Å². The number of hydrogen-bond donors (Lipinski definition) is 1. The van der Waals surface area contributed by atoms with Crippen molar-refractivity contribution in [2.45, 2.75) is 26.7 Å². The fourth-order valence-corrected chi connectivity index (χ4v) is 1.75. The van der Waals surface area contributed by atoms with Crippen molar-refractivity contribution in [2.75, 3.05) is 5.73 Å². The third-order valence-electron chi connectivity index (χ3n) is 2.57. The molecule has 0 aliphatic heterocycles. The summed E-state index contributed by atoms with van der Waals surface area (Å²) in [5.41, 5.74) is 8.30. The number of nitrogens with two attached hydrogens (primary N) is 1. The molecule has 0 fully saturated rings. The van der Waals surface area contributed by atoms with Gasteiger partial charge in [0.25, 0.3) is 0 Å². The van der Waals surface area contributed by atoms with E-state index in [0.29, 0.717) is 11.5 Å². The zero-order valence-corrected chi connectivity index (χ0v) is 10.6. The third kappa shape index (κ3) is 2.10. The van der Waals surface area contributed by atoms with E-state index < -0.39 is 0 Å². The van der Waals surface area contributed by atoms with Crippen molar-refractivity contribution in [3.8, 4) is 5.82 Å². The van der Waals surface area contributed by atoms with Crippen molar-refractivity contribution < 1.29 is 0 Å². The van der Waals surface area contributed by atoms with E-state index in [1.165, 1.54) is 6.33 Å². The Labute approximate surface area is 105 Å². The van der Waals surface area contributed by atoms with Gasteiger partial charge in [-0.15, -0.1) is 0 Å². The quantitative estimate of drug-likeness (QED) is 0.848. The lowest BCUT2D eigenvalue weighted by molar-refractivity contribution is 0.771. The maximum Gasteiger partial charge on any atom is 0.181 e. The van der Waals surface area contributed by atoms with Gasteiger partial charge >= 0.3 is 0 Å². The zero-order valence-electron chi connectivity index (χ0n) is 9.81.